The molecule has 1 aliphatic heterocycles. The summed E-state index contributed by atoms with van der Waals surface area (Å²) in [5.41, 5.74) is 9.28. The second-order valence-electron chi connectivity index (χ2n) is 7.16. The molecule has 26 heavy (non-hydrogen) atoms. The number of halogens is 2. The zero-order valence-corrected chi connectivity index (χ0v) is 15.6. The second kappa shape index (κ2) is 7.37. The first-order valence-corrected chi connectivity index (χ1v) is 8.96. The van der Waals surface area contributed by atoms with E-state index in [2.05, 4.69) is 12.0 Å². The highest BCUT2D eigenvalue weighted by Crippen LogP contribution is 2.31. The topological polar surface area (TPSA) is 64.2 Å². The van der Waals surface area contributed by atoms with Crippen LogP contribution in [0, 0.1) is 11.7 Å². The molecule has 2 aromatic rings. The van der Waals surface area contributed by atoms with Crippen molar-refractivity contribution in [2.24, 2.45) is 11.7 Å². The predicted octanol–water partition coefficient (Wildman–Crippen LogP) is 2.73. The maximum Gasteiger partial charge on any atom is 0.274 e. The first-order chi connectivity index (χ1) is 12.1. The van der Waals surface area contributed by atoms with Gasteiger partial charge in [0, 0.05) is 23.8 Å². The van der Waals surface area contributed by atoms with Gasteiger partial charge in [-0.25, -0.2) is 9.07 Å². The average Bonchev–Trinajstić information content (AvgIpc) is 3.29. The third kappa shape index (κ3) is 3.12. The summed E-state index contributed by atoms with van der Waals surface area (Å²) in [6.07, 6.45) is 3.74. The molecule has 1 amide bonds. The summed E-state index contributed by atoms with van der Waals surface area (Å²) >= 11 is 0. The van der Waals surface area contributed by atoms with Gasteiger partial charge in [0.2, 0.25) is 0 Å². The standard InChI is InChI=1S/C19H23FN4O.ClH/c1-12-9-13(10-21)11-23(12)19(25)18-16-3-2-4-17(16)24(22-18)15-7-5-14(20)6-8-15;/h5-8,12-13H,2-4,9-11,21H2,1H3;1H. The molecule has 0 saturated carbocycles. The molecule has 7 heteroatoms. The molecule has 1 aliphatic carbocycles. The van der Waals surface area contributed by atoms with Crippen LogP contribution in [0.1, 0.15) is 41.5 Å². The Morgan fingerprint density at radius 2 is 2.04 bits per heavy atom. The number of carbonyl (C=O) groups is 1. The fourth-order valence-corrected chi connectivity index (χ4v) is 4.14. The Labute approximate surface area is 158 Å². The summed E-state index contributed by atoms with van der Waals surface area (Å²) < 4.78 is 15.0. The number of amides is 1. The van der Waals surface area contributed by atoms with Crippen LogP contribution in [-0.4, -0.2) is 39.7 Å². The highest BCUT2D eigenvalue weighted by Gasteiger charge is 2.36. The van der Waals surface area contributed by atoms with Crippen LogP contribution in [0.25, 0.3) is 5.69 Å². The second-order valence-corrected chi connectivity index (χ2v) is 7.16. The van der Waals surface area contributed by atoms with E-state index in [0.29, 0.717) is 24.7 Å². The number of hydrogen-bond acceptors (Lipinski definition) is 3. The third-order valence-electron chi connectivity index (χ3n) is 5.46. The minimum absolute atomic E-state index is 0. The van der Waals surface area contributed by atoms with Gasteiger partial charge in [0.15, 0.2) is 5.69 Å². The number of benzene rings is 1. The Balaban J connectivity index is 0.00000196. The number of fused-ring (bicyclic) bond motifs is 1. The number of carbonyl (C=O) groups excluding carboxylic acids is 1. The highest BCUT2D eigenvalue weighted by molar-refractivity contribution is 5.94. The Morgan fingerprint density at radius 1 is 1.31 bits per heavy atom. The number of hydrogen-bond donors (Lipinski definition) is 1. The lowest BCUT2D eigenvalue weighted by molar-refractivity contribution is 0.0736. The van der Waals surface area contributed by atoms with E-state index < -0.39 is 0 Å². The van der Waals surface area contributed by atoms with Crippen LogP contribution < -0.4 is 5.73 Å². The lowest BCUT2D eigenvalue weighted by Crippen LogP contribution is -2.35. The summed E-state index contributed by atoms with van der Waals surface area (Å²) in [5, 5.41) is 4.63. The Morgan fingerprint density at radius 3 is 2.69 bits per heavy atom. The van der Waals surface area contributed by atoms with Crippen LogP contribution in [0.15, 0.2) is 24.3 Å². The average molecular weight is 379 g/mol. The zero-order valence-electron chi connectivity index (χ0n) is 14.8. The predicted molar refractivity (Wildman–Crippen MR) is 100 cm³/mol. The third-order valence-corrected chi connectivity index (χ3v) is 5.46. The summed E-state index contributed by atoms with van der Waals surface area (Å²) in [6.45, 7) is 3.38. The van der Waals surface area contributed by atoms with E-state index in [0.717, 1.165) is 42.6 Å². The van der Waals surface area contributed by atoms with Crippen LogP contribution in [0.4, 0.5) is 4.39 Å². The van der Waals surface area contributed by atoms with Crippen LogP contribution >= 0.6 is 12.4 Å². The van der Waals surface area contributed by atoms with Gasteiger partial charge in [-0.15, -0.1) is 12.4 Å². The van der Waals surface area contributed by atoms with Gasteiger partial charge in [0.25, 0.3) is 5.91 Å². The Kier molecular flexibility index (Phi) is 5.34. The molecule has 2 atom stereocenters. The van der Waals surface area contributed by atoms with Crippen LogP contribution in [0.5, 0.6) is 0 Å². The summed E-state index contributed by atoms with van der Waals surface area (Å²) in [6, 6.07) is 6.45. The minimum Gasteiger partial charge on any atom is -0.334 e. The molecule has 0 radical (unpaired) electrons. The quantitative estimate of drug-likeness (QED) is 0.893. The summed E-state index contributed by atoms with van der Waals surface area (Å²) in [4.78, 5) is 15.0. The van der Waals surface area contributed by atoms with Gasteiger partial charge >= 0.3 is 0 Å². The number of likely N-dealkylation sites (tertiary alicyclic amines) is 1. The summed E-state index contributed by atoms with van der Waals surface area (Å²) in [5.74, 6) is 0.0937. The molecule has 1 fully saturated rings. The maximum absolute atomic E-state index is 13.2. The Hall–Kier alpha value is -1.92. The van der Waals surface area contributed by atoms with Gasteiger partial charge in [-0.3, -0.25) is 4.79 Å². The smallest absolute Gasteiger partial charge is 0.274 e. The van der Waals surface area contributed by atoms with E-state index in [-0.39, 0.29) is 30.2 Å². The zero-order chi connectivity index (χ0) is 17.6. The fourth-order valence-electron chi connectivity index (χ4n) is 4.14. The molecule has 4 rings (SSSR count). The van der Waals surface area contributed by atoms with Gasteiger partial charge in [0.1, 0.15) is 5.82 Å². The van der Waals surface area contributed by atoms with Crippen LogP contribution in [-0.2, 0) is 12.8 Å². The van der Waals surface area contributed by atoms with Gasteiger partial charge in [-0.1, -0.05) is 0 Å². The van der Waals surface area contributed by atoms with Gasteiger partial charge in [0.05, 0.1) is 5.69 Å². The van der Waals surface area contributed by atoms with Crippen LogP contribution in [0.3, 0.4) is 0 Å². The van der Waals surface area contributed by atoms with E-state index in [1.54, 1.807) is 12.1 Å². The van der Waals surface area contributed by atoms with Crippen molar-refractivity contribution in [1.82, 2.24) is 14.7 Å². The molecule has 2 unspecified atom stereocenters. The molecule has 0 bridgehead atoms. The van der Waals surface area contributed by atoms with Crippen molar-refractivity contribution in [2.75, 3.05) is 13.1 Å². The molecule has 2 N–H and O–H groups in total. The van der Waals surface area contributed by atoms with E-state index in [4.69, 9.17) is 5.73 Å². The first kappa shape index (κ1) is 18.9. The lowest BCUT2D eigenvalue weighted by atomic mass is 10.1. The van der Waals surface area contributed by atoms with E-state index in [1.807, 2.05) is 9.58 Å². The van der Waals surface area contributed by atoms with Gasteiger partial charge in [-0.2, -0.15) is 5.10 Å². The molecule has 140 valence electrons. The normalized spacial score (nSPS) is 21.6. The SMILES string of the molecule is CC1CC(CN)CN1C(=O)c1nn(-c2ccc(F)cc2)c2c1CCC2.Cl. The maximum atomic E-state index is 13.2. The summed E-state index contributed by atoms with van der Waals surface area (Å²) in [7, 11) is 0. The van der Waals surface area contributed by atoms with Crippen molar-refractivity contribution in [2.45, 2.75) is 38.6 Å². The monoisotopic (exact) mass is 378 g/mol. The molecule has 2 heterocycles. The minimum atomic E-state index is -0.275. The van der Waals surface area contributed by atoms with Gasteiger partial charge < -0.3 is 10.6 Å². The molecular formula is C19H24ClFN4O. The molecule has 0 spiro atoms. The van der Waals surface area contributed by atoms with Crippen molar-refractivity contribution >= 4 is 18.3 Å². The Bertz CT molecular complexity index is 805. The number of aromatic nitrogens is 2. The number of rotatable bonds is 3. The molecule has 2 aliphatic rings. The van der Waals surface area contributed by atoms with E-state index in [1.165, 1.54) is 12.1 Å². The van der Waals surface area contributed by atoms with Gasteiger partial charge in [-0.05, 0) is 69.3 Å². The molecule has 1 aromatic carbocycles. The number of nitrogens with two attached hydrogens (primary N) is 1. The van der Waals surface area contributed by atoms with Crippen molar-refractivity contribution in [3.63, 3.8) is 0 Å². The van der Waals surface area contributed by atoms with Crippen molar-refractivity contribution in [3.05, 3.63) is 47.0 Å². The van der Waals surface area contributed by atoms with Crippen LogP contribution in [0.2, 0.25) is 0 Å². The molecule has 1 saturated heterocycles. The number of nitrogens with zero attached hydrogens (tertiary/aromatic N) is 3. The van der Waals surface area contributed by atoms with Crippen molar-refractivity contribution < 1.29 is 9.18 Å². The van der Waals surface area contributed by atoms with E-state index in [9.17, 15) is 9.18 Å². The highest BCUT2D eigenvalue weighted by atomic mass is 35.5. The fraction of sp³-hybridized carbons (Fsp3) is 0.474. The lowest BCUT2D eigenvalue weighted by Gasteiger charge is -2.20. The van der Waals surface area contributed by atoms with Crippen molar-refractivity contribution in [3.8, 4) is 5.69 Å². The van der Waals surface area contributed by atoms with Crippen molar-refractivity contribution in [1.29, 1.82) is 0 Å². The molecule has 1 aromatic heterocycles. The first-order valence-electron chi connectivity index (χ1n) is 8.96. The molecular weight excluding hydrogens is 355 g/mol. The van der Waals surface area contributed by atoms with E-state index >= 15 is 0 Å². The largest absolute Gasteiger partial charge is 0.334 e. The molecule has 5 nitrogen and oxygen atoms in total.